The smallest absolute Gasteiger partial charge is 0.239 e. The zero-order valence-corrected chi connectivity index (χ0v) is 12.2. The monoisotopic (exact) mass is 304 g/mol. The fourth-order valence-electron chi connectivity index (χ4n) is 1.51. The van der Waals surface area contributed by atoms with Crippen molar-refractivity contribution in [2.24, 2.45) is 11.7 Å². The normalized spacial score (nSPS) is 13.0. The molecule has 106 valence electrons. The Morgan fingerprint density at radius 1 is 1.42 bits per heavy atom. The lowest BCUT2D eigenvalue weighted by Crippen LogP contribution is -2.29. The van der Waals surface area contributed by atoms with Crippen molar-refractivity contribution in [3.05, 3.63) is 29.3 Å². The van der Waals surface area contributed by atoms with Crippen LogP contribution in [-0.2, 0) is 14.6 Å². The number of hydrogen-bond acceptors (Lipinski definition) is 4. The molecule has 0 radical (unpaired) electrons. The Balaban J connectivity index is 2.63. The molecule has 3 N–H and O–H groups in total. The molecule has 1 aromatic rings. The summed E-state index contributed by atoms with van der Waals surface area (Å²) in [5.41, 5.74) is 5.77. The zero-order valence-electron chi connectivity index (χ0n) is 10.6. The third-order valence-corrected chi connectivity index (χ3v) is 4.55. The number of halogens is 1. The van der Waals surface area contributed by atoms with Crippen LogP contribution in [0.4, 0.5) is 5.69 Å². The van der Waals surface area contributed by atoms with Crippen molar-refractivity contribution in [2.75, 3.05) is 23.4 Å². The minimum absolute atomic E-state index is 0.0978. The second-order valence-electron chi connectivity index (χ2n) is 4.42. The van der Waals surface area contributed by atoms with Crippen LogP contribution in [0.3, 0.4) is 0 Å². The number of sulfone groups is 1. The van der Waals surface area contributed by atoms with Gasteiger partial charge < -0.3 is 11.1 Å². The maximum absolute atomic E-state index is 11.7. The van der Waals surface area contributed by atoms with Crippen LogP contribution in [0.5, 0.6) is 0 Å². The molecule has 0 saturated heterocycles. The van der Waals surface area contributed by atoms with Crippen LogP contribution in [0.15, 0.2) is 24.3 Å². The van der Waals surface area contributed by atoms with Gasteiger partial charge in [0.05, 0.1) is 16.5 Å². The van der Waals surface area contributed by atoms with Gasteiger partial charge in [-0.2, -0.15) is 0 Å². The molecule has 0 bridgehead atoms. The number of para-hydroxylation sites is 1. The van der Waals surface area contributed by atoms with Crippen LogP contribution in [-0.4, -0.2) is 32.4 Å². The highest BCUT2D eigenvalue weighted by Gasteiger charge is 2.19. The summed E-state index contributed by atoms with van der Waals surface area (Å²) < 4.78 is 23.5. The van der Waals surface area contributed by atoms with Crippen molar-refractivity contribution in [1.29, 1.82) is 0 Å². The van der Waals surface area contributed by atoms with Crippen molar-refractivity contribution < 1.29 is 13.2 Å². The Morgan fingerprint density at radius 3 is 2.63 bits per heavy atom. The number of rotatable bonds is 6. The van der Waals surface area contributed by atoms with Gasteiger partial charge >= 0.3 is 0 Å². The maximum Gasteiger partial charge on any atom is 0.239 e. The van der Waals surface area contributed by atoms with E-state index in [9.17, 15) is 13.2 Å². The highest BCUT2D eigenvalue weighted by molar-refractivity contribution is 7.92. The summed E-state index contributed by atoms with van der Waals surface area (Å²) >= 11 is 5.87. The molecule has 1 rings (SSSR count). The van der Waals surface area contributed by atoms with Crippen molar-refractivity contribution >= 4 is 33.0 Å². The zero-order chi connectivity index (χ0) is 14.5. The third kappa shape index (κ3) is 5.59. The molecule has 0 aliphatic carbocycles. The van der Waals surface area contributed by atoms with Gasteiger partial charge in [-0.25, -0.2) is 8.42 Å². The SMILES string of the molecule is CC(CN)CS(=O)(=O)CC(=O)Nc1ccccc1Cl. The summed E-state index contributed by atoms with van der Waals surface area (Å²) in [5.74, 6) is -1.43. The molecule has 19 heavy (non-hydrogen) atoms. The predicted octanol–water partition coefficient (Wildman–Crippen LogP) is 1.29. The summed E-state index contributed by atoms with van der Waals surface area (Å²) in [7, 11) is -3.46. The van der Waals surface area contributed by atoms with Crippen LogP contribution in [0, 0.1) is 5.92 Å². The standard InChI is InChI=1S/C12H17ClN2O3S/c1-9(6-14)7-19(17,18)8-12(16)15-11-5-3-2-4-10(11)13/h2-5,9H,6-8,14H2,1H3,(H,15,16). The van der Waals surface area contributed by atoms with Gasteiger partial charge in [0.25, 0.3) is 0 Å². The molecule has 0 fully saturated rings. The molecule has 1 aromatic carbocycles. The minimum Gasteiger partial charge on any atom is -0.330 e. The number of benzene rings is 1. The molecule has 0 aliphatic heterocycles. The summed E-state index contributed by atoms with van der Waals surface area (Å²) in [6.07, 6.45) is 0. The Hall–Kier alpha value is -1.11. The minimum atomic E-state index is -3.46. The lowest BCUT2D eigenvalue weighted by atomic mass is 10.2. The highest BCUT2D eigenvalue weighted by atomic mass is 35.5. The number of nitrogens with one attached hydrogen (secondary N) is 1. The lowest BCUT2D eigenvalue weighted by Gasteiger charge is -2.10. The fraction of sp³-hybridized carbons (Fsp3) is 0.417. The van der Waals surface area contributed by atoms with Crippen LogP contribution in [0.25, 0.3) is 0 Å². The first-order valence-electron chi connectivity index (χ1n) is 5.79. The molecule has 7 heteroatoms. The Labute approximate surface area is 118 Å². The molecule has 0 aromatic heterocycles. The molecule has 1 amide bonds. The Bertz CT molecular complexity index is 546. The van der Waals surface area contributed by atoms with E-state index in [1.54, 1.807) is 31.2 Å². The number of carbonyl (C=O) groups is 1. The van der Waals surface area contributed by atoms with Gasteiger partial charge in [0.15, 0.2) is 9.84 Å². The fourth-order valence-corrected chi connectivity index (χ4v) is 3.28. The Kier molecular flexibility index (Phi) is 5.78. The average molecular weight is 305 g/mol. The predicted molar refractivity (Wildman–Crippen MR) is 77.0 cm³/mol. The van der Waals surface area contributed by atoms with Crippen LogP contribution in [0.1, 0.15) is 6.92 Å². The van der Waals surface area contributed by atoms with Crippen LogP contribution in [0.2, 0.25) is 5.02 Å². The second-order valence-corrected chi connectivity index (χ2v) is 6.94. The van der Waals surface area contributed by atoms with Gasteiger partial charge in [0.2, 0.25) is 5.91 Å². The molecule has 1 atom stereocenters. The molecular weight excluding hydrogens is 288 g/mol. The molecule has 0 saturated carbocycles. The molecule has 5 nitrogen and oxygen atoms in total. The van der Waals surface area contributed by atoms with E-state index in [2.05, 4.69) is 5.32 Å². The molecule has 0 spiro atoms. The molecule has 0 heterocycles. The van der Waals surface area contributed by atoms with E-state index < -0.39 is 21.5 Å². The average Bonchev–Trinajstić information content (AvgIpc) is 2.30. The molecule has 1 unspecified atom stereocenters. The van der Waals surface area contributed by atoms with Crippen molar-refractivity contribution in [3.8, 4) is 0 Å². The number of carbonyl (C=O) groups excluding carboxylic acids is 1. The first-order chi connectivity index (χ1) is 8.84. The van der Waals surface area contributed by atoms with Crippen LogP contribution >= 0.6 is 11.6 Å². The van der Waals surface area contributed by atoms with Crippen molar-refractivity contribution in [2.45, 2.75) is 6.92 Å². The van der Waals surface area contributed by atoms with E-state index in [0.29, 0.717) is 10.7 Å². The molecule has 0 aliphatic rings. The van der Waals surface area contributed by atoms with E-state index in [4.69, 9.17) is 17.3 Å². The topological polar surface area (TPSA) is 89.3 Å². The van der Waals surface area contributed by atoms with Gasteiger partial charge in [-0.3, -0.25) is 4.79 Å². The van der Waals surface area contributed by atoms with Crippen molar-refractivity contribution in [3.63, 3.8) is 0 Å². The first-order valence-corrected chi connectivity index (χ1v) is 7.99. The van der Waals surface area contributed by atoms with E-state index in [1.165, 1.54) is 0 Å². The third-order valence-electron chi connectivity index (χ3n) is 2.44. The quantitative estimate of drug-likeness (QED) is 0.828. The van der Waals surface area contributed by atoms with Gasteiger partial charge in [-0.15, -0.1) is 0 Å². The maximum atomic E-state index is 11.7. The summed E-state index contributed by atoms with van der Waals surface area (Å²) in [5, 5.41) is 2.84. The van der Waals surface area contributed by atoms with Gasteiger partial charge in [-0.05, 0) is 24.6 Å². The highest BCUT2D eigenvalue weighted by Crippen LogP contribution is 2.20. The number of nitrogens with two attached hydrogens (primary N) is 1. The summed E-state index contributed by atoms with van der Waals surface area (Å²) in [4.78, 5) is 11.7. The van der Waals surface area contributed by atoms with Gasteiger partial charge in [0.1, 0.15) is 5.75 Å². The van der Waals surface area contributed by atoms with Crippen LogP contribution < -0.4 is 11.1 Å². The number of anilines is 1. The van der Waals surface area contributed by atoms with Gasteiger partial charge in [0, 0.05) is 0 Å². The lowest BCUT2D eigenvalue weighted by molar-refractivity contribution is -0.113. The van der Waals surface area contributed by atoms with Crippen molar-refractivity contribution in [1.82, 2.24) is 0 Å². The largest absolute Gasteiger partial charge is 0.330 e. The van der Waals surface area contributed by atoms with Gasteiger partial charge in [-0.1, -0.05) is 30.7 Å². The summed E-state index contributed by atoms with van der Waals surface area (Å²) in [6, 6.07) is 6.64. The first kappa shape index (κ1) is 15.9. The Morgan fingerprint density at radius 2 is 2.05 bits per heavy atom. The second kappa shape index (κ2) is 6.88. The number of hydrogen-bond donors (Lipinski definition) is 2. The van der Waals surface area contributed by atoms with E-state index in [-0.39, 0.29) is 18.2 Å². The van der Waals surface area contributed by atoms with E-state index in [0.717, 1.165) is 0 Å². The molecular formula is C12H17ClN2O3S. The summed E-state index contributed by atoms with van der Waals surface area (Å²) in [6.45, 7) is 1.99. The van der Waals surface area contributed by atoms with E-state index >= 15 is 0 Å². The van der Waals surface area contributed by atoms with E-state index in [1.807, 2.05) is 0 Å². The number of amides is 1.